The number of carbonyl (C=O) groups is 2. The van der Waals surface area contributed by atoms with Crippen LogP contribution in [0.3, 0.4) is 0 Å². The summed E-state index contributed by atoms with van der Waals surface area (Å²) in [5, 5.41) is 14.2. The Hall–Kier alpha value is -2.08. The molecule has 1 unspecified atom stereocenters. The number of hydrogen-bond acceptors (Lipinski definition) is 3. The van der Waals surface area contributed by atoms with Gasteiger partial charge >= 0.3 is 12.0 Å². The molecule has 0 saturated carbocycles. The zero-order chi connectivity index (χ0) is 15.8. The van der Waals surface area contributed by atoms with Crippen molar-refractivity contribution in [2.24, 2.45) is 5.92 Å². The maximum atomic E-state index is 11.9. The van der Waals surface area contributed by atoms with Gasteiger partial charge in [-0.2, -0.15) is 0 Å². The summed E-state index contributed by atoms with van der Waals surface area (Å²) >= 11 is 0. The zero-order valence-corrected chi connectivity index (χ0v) is 12.6. The van der Waals surface area contributed by atoms with Gasteiger partial charge in [0, 0.05) is 18.4 Å². The van der Waals surface area contributed by atoms with Crippen molar-refractivity contribution in [2.75, 3.05) is 12.4 Å². The summed E-state index contributed by atoms with van der Waals surface area (Å²) in [7, 11) is 1.57. The highest BCUT2D eigenvalue weighted by atomic mass is 16.5. The van der Waals surface area contributed by atoms with E-state index in [2.05, 4.69) is 10.6 Å². The molecule has 2 amide bonds. The number of carboxylic acids is 1. The first kappa shape index (κ1) is 17.0. The van der Waals surface area contributed by atoms with Gasteiger partial charge in [-0.05, 0) is 18.4 Å². The van der Waals surface area contributed by atoms with Crippen LogP contribution in [0.1, 0.15) is 25.8 Å². The van der Waals surface area contributed by atoms with E-state index in [1.54, 1.807) is 19.2 Å². The third-order valence-electron chi connectivity index (χ3n) is 2.88. The number of amides is 2. The molecule has 21 heavy (non-hydrogen) atoms. The molecule has 116 valence electrons. The number of methoxy groups -OCH3 is 1. The van der Waals surface area contributed by atoms with E-state index in [1.165, 1.54) is 0 Å². The number of nitrogens with one attached hydrogen (secondary N) is 2. The number of para-hydroxylation sites is 1. The number of ether oxygens (including phenoxy) is 1. The number of rotatable bonds is 7. The molecule has 0 aliphatic rings. The lowest BCUT2D eigenvalue weighted by Crippen LogP contribution is -2.43. The molecule has 1 aromatic rings. The first-order valence-corrected chi connectivity index (χ1v) is 6.81. The fourth-order valence-corrected chi connectivity index (χ4v) is 1.93. The average Bonchev–Trinajstić information content (AvgIpc) is 2.40. The Morgan fingerprint density at radius 2 is 1.95 bits per heavy atom. The van der Waals surface area contributed by atoms with E-state index in [9.17, 15) is 9.59 Å². The molecule has 0 radical (unpaired) electrons. The van der Waals surface area contributed by atoms with Gasteiger partial charge in [0.05, 0.1) is 6.61 Å². The van der Waals surface area contributed by atoms with Crippen molar-refractivity contribution in [1.82, 2.24) is 5.32 Å². The maximum absolute atomic E-state index is 11.9. The molecule has 0 saturated heterocycles. The fraction of sp³-hybridized carbons (Fsp3) is 0.467. The van der Waals surface area contributed by atoms with Crippen LogP contribution in [0.25, 0.3) is 0 Å². The number of urea groups is 1. The minimum absolute atomic E-state index is 0.173. The van der Waals surface area contributed by atoms with Gasteiger partial charge in [-0.15, -0.1) is 0 Å². The van der Waals surface area contributed by atoms with E-state index in [1.807, 2.05) is 26.0 Å². The monoisotopic (exact) mass is 294 g/mol. The summed E-state index contributed by atoms with van der Waals surface area (Å²) in [5.41, 5.74) is 1.43. The van der Waals surface area contributed by atoms with Crippen molar-refractivity contribution in [2.45, 2.75) is 32.9 Å². The molecule has 0 aromatic heterocycles. The Bertz CT molecular complexity index is 488. The van der Waals surface area contributed by atoms with Gasteiger partial charge in [0.1, 0.15) is 6.04 Å². The van der Waals surface area contributed by atoms with Gasteiger partial charge in [-0.1, -0.05) is 32.0 Å². The van der Waals surface area contributed by atoms with Gasteiger partial charge in [0.15, 0.2) is 0 Å². The quantitative estimate of drug-likeness (QED) is 0.721. The lowest BCUT2D eigenvalue weighted by molar-refractivity contribution is -0.139. The number of carboxylic acid groups (broad SMARTS) is 1. The van der Waals surface area contributed by atoms with Crippen molar-refractivity contribution in [3.63, 3.8) is 0 Å². The molecule has 1 rings (SSSR count). The van der Waals surface area contributed by atoms with Crippen LogP contribution in [0.2, 0.25) is 0 Å². The molecule has 0 aliphatic heterocycles. The standard InChI is InChI=1S/C15H22N2O4/c1-10(2)8-13(14(18)19)17-15(20)16-12-7-5-4-6-11(12)9-21-3/h4-7,10,13H,8-9H2,1-3H3,(H,18,19)(H2,16,17,20). The van der Waals surface area contributed by atoms with Crippen molar-refractivity contribution in [3.05, 3.63) is 29.8 Å². The van der Waals surface area contributed by atoms with Crippen LogP contribution < -0.4 is 10.6 Å². The van der Waals surface area contributed by atoms with Crippen LogP contribution in [-0.4, -0.2) is 30.3 Å². The number of benzene rings is 1. The molecular formula is C15H22N2O4. The van der Waals surface area contributed by atoms with Crippen LogP contribution >= 0.6 is 0 Å². The Morgan fingerprint density at radius 3 is 2.52 bits per heavy atom. The lowest BCUT2D eigenvalue weighted by Gasteiger charge is -2.17. The second-order valence-electron chi connectivity index (χ2n) is 5.21. The number of carbonyl (C=O) groups excluding carboxylic acids is 1. The minimum atomic E-state index is -1.04. The third kappa shape index (κ3) is 5.83. The van der Waals surface area contributed by atoms with E-state index >= 15 is 0 Å². The van der Waals surface area contributed by atoms with Crippen LogP contribution in [0.4, 0.5) is 10.5 Å². The molecular weight excluding hydrogens is 272 g/mol. The predicted octanol–water partition coefficient (Wildman–Crippen LogP) is 2.45. The SMILES string of the molecule is COCc1ccccc1NC(=O)NC(CC(C)C)C(=O)O. The van der Waals surface area contributed by atoms with Crippen LogP contribution in [0.15, 0.2) is 24.3 Å². The number of aliphatic carboxylic acids is 1. The Labute approximate surface area is 124 Å². The molecule has 0 spiro atoms. The predicted molar refractivity (Wildman–Crippen MR) is 80.2 cm³/mol. The third-order valence-corrected chi connectivity index (χ3v) is 2.88. The van der Waals surface area contributed by atoms with E-state index in [0.717, 1.165) is 5.56 Å². The van der Waals surface area contributed by atoms with Crippen molar-refractivity contribution in [3.8, 4) is 0 Å². The number of hydrogen-bond donors (Lipinski definition) is 3. The number of anilines is 1. The topological polar surface area (TPSA) is 87.7 Å². The summed E-state index contributed by atoms with van der Waals surface area (Å²) in [6.45, 7) is 4.18. The van der Waals surface area contributed by atoms with Crippen molar-refractivity contribution < 1.29 is 19.4 Å². The van der Waals surface area contributed by atoms with Crippen LogP contribution in [0, 0.1) is 5.92 Å². The van der Waals surface area contributed by atoms with Crippen LogP contribution in [0.5, 0.6) is 0 Å². The minimum Gasteiger partial charge on any atom is -0.480 e. The molecule has 3 N–H and O–H groups in total. The average molecular weight is 294 g/mol. The maximum Gasteiger partial charge on any atom is 0.326 e. The largest absolute Gasteiger partial charge is 0.480 e. The molecule has 6 heteroatoms. The molecule has 1 aromatic carbocycles. The van der Waals surface area contributed by atoms with Gasteiger partial charge in [-0.25, -0.2) is 9.59 Å². The molecule has 1 atom stereocenters. The van der Waals surface area contributed by atoms with Gasteiger partial charge < -0.3 is 20.5 Å². The fourth-order valence-electron chi connectivity index (χ4n) is 1.93. The van der Waals surface area contributed by atoms with Gasteiger partial charge in [-0.3, -0.25) is 0 Å². The van der Waals surface area contributed by atoms with Gasteiger partial charge in [0.25, 0.3) is 0 Å². The summed E-state index contributed by atoms with van der Waals surface area (Å²) in [4.78, 5) is 23.1. The Balaban J connectivity index is 2.70. The molecule has 0 bridgehead atoms. The smallest absolute Gasteiger partial charge is 0.326 e. The van der Waals surface area contributed by atoms with Crippen LogP contribution in [-0.2, 0) is 16.1 Å². The summed E-state index contributed by atoms with van der Waals surface area (Å²) in [5.74, 6) is -0.865. The summed E-state index contributed by atoms with van der Waals surface area (Å²) in [6, 6.07) is 5.77. The van der Waals surface area contributed by atoms with Crippen molar-refractivity contribution >= 4 is 17.7 Å². The van der Waals surface area contributed by atoms with E-state index in [-0.39, 0.29) is 5.92 Å². The van der Waals surface area contributed by atoms with Crippen molar-refractivity contribution in [1.29, 1.82) is 0 Å². The molecule has 0 aliphatic carbocycles. The van der Waals surface area contributed by atoms with E-state index in [0.29, 0.717) is 18.7 Å². The lowest BCUT2D eigenvalue weighted by atomic mass is 10.0. The summed E-state index contributed by atoms with van der Waals surface area (Å²) < 4.78 is 5.06. The molecule has 0 heterocycles. The Morgan fingerprint density at radius 1 is 1.29 bits per heavy atom. The summed E-state index contributed by atoms with van der Waals surface area (Å²) in [6.07, 6.45) is 0.377. The molecule has 6 nitrogen and oxygen atoms in total. The van der Waals surface area contributed by atoms with E-state index < -0.39 is 18.0 Å². The highest BCUT2D eigenvalue weighted by molar-refractivity contribution is 5.92. The van der Waals surface area contributed by atoms with E-state index in [4.69, 9.17) is 9.84 Å². The Kier molecular flexibility index (Phi) is 6.68. The second-order valence-corrected chi connectivity index (χ2v) is 5.21. The zero-order valence-electron chi connectivity index (χ0n) is 12.6. The highest BCUT2D eigenvalue weighted by Crippen LogP contribution is 2.15. The first-order chi connectivity index (χ1) is 9.93. The highest BCUT2D eigenvalue weighted by Gasteiger charge is 2.21. The first-order valence-electron chi connectivity index (χ1n) is 6.81. The normalized spacial score (nSPS) is 12.0. The second kappa shape index (κ2) is 8.26. The van der Waals surface area contributed by atoms with Gasteiger partial charge in [0.2, 0.25) is 0 Å². The molecule has 0 fully saturated rings.